The van der Waals surface area contributed by atoms with E-state index in [-0.39, 0.29) is 13.2 Å². The number of carbonyl (C=O) groups is 2. The summed E-state index contributed by atoms with van der Waals surface area (Å²) in [7, 11) is 0. The molecule has 0 aromatic heterocycles. The summed E-state index contributed by atoms with van der Waals surface area (Å²) in [5.74, 6) is -1.13. The van der Waals surface area contributed by atoms with Gasteiger partial charge in [-0.3, -0.25) is 9.59 Å². The molecule has 0 saturated heterocycles. The number of hydrogen-bond donors (Lipinski definition) is 2. The maximum absolute atomic E-state index is 11.1. The quantitative estimate of drug-likeness (QED) is 0.547. The number of rotatable bonds is 5. The molecule has 0 aliphatic heterocycles. The van der Waals surface area contributed by atoms with Crippen LogP contribution in [0.5, 0.6) is 0 Å². The smallest absolute Gasteiger partial charge is 0.320 e. The highest BCUT2D eigenvalue weighted by molar-refractivity contribution is 7.86. The van der Waals surface area contributed by atoms with Gasteiger partial charge < -0.3 is 9.47 Å². The van der Waals surface area contributed by atoms with Crippen LogP contribution in [0.15, 0.2) is 0 Å². The molecule has 82 valence electrons. The van der Waals surface area contributed by atoms with Crippen LogP contribution in [-0.2, 0) is 19.1 Å². The van der Waals surface area contributed by atoms with Crippen LogP contribution >= 0.6 is 25.3 Å². The standard InChI is InChI=1S/C8H14O4S2/c1-3-11-7(9)5(13)6(14)8(10)12-4-2/h5-6,13-14H,3-4H2,1-2H3. The molecule has 0 aromatic rings. The van der Waals surface area contributed by atoms with Gasteiger partial charge in [-0.05, 0) is 13.8 Å². The van der Waals surface area contributed by atoms with Gasteiger partial charge in [-0.15, -0.1) is 0 Å². The summed E-state index contributed by atoms with van der Waals surface area (Å²) in [6, 6.07) is 0. The van der Waals surface area contributed by atoms with Gasteiger partial charge >= 0.3 is 11.9 Å². The van der Waals surface area contributed by atoms with Gasteiger partial charge in [0.15, 0.2) is 0 Å². The molecule has 2 atom stereocenters. The van der Waals surface area contributed by atoms with Crippen LogP contribution in [0.25, 0.3) is 0 Å². The van der Waals surface area contributed by atoms with E-state index in [0.717, 1.165) is 0 Å². The SMILES string of the molecule is CCOC(=O)C(S)C(S)C(=O)OCC. The predicted octanol–water partition coefficient (Wildman–Crippen LogP) is 0.709. The van der Waals surface area contributed by atoms with E-state index < -0.39 is 22.4 Å². The minimum Gasteiger partial charge on any atom is -0.465 e. The van der Waals surface area contributed by atoms with Crippen molar-refractivity contribution < 1.29 is 19.1 Å². The Kier molecular flexibility index (Phi) is 6.82. The predicted molar refractivity (Wildman–Crippen MR) is 58.8 cm³/mol. The van der Waals surface area contributed by atoms with Gasteiger partial charge in [0.1, 0.15) is 10.5 Å². The molecule has 0 N–H and O–H groups in total. The summed E-state index contributed by atoms with van der Waals surface area (Å²) in [6.45, 7) is 3.85. The lowest BCUT2D eigenvalue weighted by molar-refractivity contribution is -0.148. The summed E-state index contributed by atoms with van der Waals surface area (Å²) in [5.41, 5.74) is 0. The van der Waals surface area contributed by atoms with Crippen molar-refractivity contribution in [1.29, 1.82) is 0 Å². The number of esters is 2. The second kappa shape index (κ2) is 7.00. The Morgan fingerprint density at radius 2 is 1.29 bits per heavy atom. The van der Waals surface area contributed by atoms with Gasteiger partial charge in [-0.1, -0.05) is 0 Å². The fourth-order valence-electron chi connectivity index (χ4n) is 0.713. The van der Waals surface area contributed by atoms with E-state index in [9.17, 15) is 9.59 Å². The van der Waals surface area contributed by atoms with Crippen molar-refractivity contribution in [2.75, 3.05) is 13.2 Å². The van der Waals surface area contributed by atoms with Crippen molar-refractivity contribution in [1.82, 2.24) is 0 Å². The Hall–Kier alpha value is -0.360. The van der Waals surface area contributed by atoms with Gasteiger partial charge in [0.25, 0.3) is 0 Å². The average Bonchev–Trinajstić information content (AvgIpc) is 2.16. The van der Waals surface area contributed by atoms with Gasteiger partial charge in [-0.25, -0.2) is 0 Å². The molecule has 0 amide bonds. The first kappa shape index (κ1) is 13.6. The second-order valence-corrected chi connectivity index (χ2v) is 3.51. The van der Waals surface area contributed by atoms with Gasteiger partial charge in [0.2, 0.25) is 0 Å². The zero-order valence-electron chi connectivity index (χ0n) is 8.10. The van der Waals surface area contributed by atoms with E-state index in [4.69, 9.17) is 0 Å². The Morgan fingerprint density at radius 3 is 1.50 bits per heavy atom. The van der Waals surface area contributed by atoms with Crippen molar-refractivity contribution in [2.24, 2.45) is 0 Å². The van der Waals surface area contributed by atoms with Crippen molar-refractivity contribution in [3.05, 3.63) is 0 Å². The molecule has 0 aromatic carbocycles. The fraction of sp³-hybridized carbons (Fsp3) is 0.750. The van der Waals surface area contributed by atoms with Crippen LogP contribution in [0.4, 0.5) is 0 Å². The molecule has 0 rings (SSSR count). The number of hydrogen-bond acceptors (Lipinski definition) is 6. The topological polar surface area (TPSA) is 52.6 Å². The lowest BCUT2D eigenvalue weighted by atomic mass is 10.3. The second-order valence-electron chi connectivity index (χ2n) is 2.39. The first-order chi connectivity index (χ1) is 6.54. The molecule has 0 fully saturated rings. The van der Waals surface area contributed by atoms with Crippen LogP contribution < -0.4 is 0 Å². The molecular weight excluding hydrogens is 224 g/mol. The number of ether oxygens (including phenoxy) is 2. The average molecular weight is 238 g/mol. The summed E-state index contributed by atoms with van der Waals surface area (Å²) >= 11 is 7.87. The van der Waals surface area contributed by atoms with E-state index in [0.29, 0.717) is 0 Å². The van der Waals surface area contributed by atoms with Gasteiger partial charge in [-0.2, -0.15) is 25.3 Å². The Bertz CT molecular complexity index is 186. The summed E-state index contributed by atoms with van der Waals surface area (Å²) < 4.78 is 9.36. The van der Waals surface area contributed by atoms with Crippen LogP contribution in [0.2, 0.25) is 0 Å². The maximum Gasteiger partial charge on any atom is 0.320 e. The third kappa shape index (κ3) is 4.23. The van der Waals surface area contributed by atoms with E-state index in [2.05, 4.69) is 34.7 Å². The van der Waals surface area contributed by atoms with E-state index in [1.807, 2.05) is 0 Å². The molecular formula is C8H14O4S2. The van der Waals surface area contributed by atoms with E-state index in [1.54, 1.807) is 13.8 Å². The minimum absolute atomic E-state index is 0.249. The Morgan fingerprint density at radius 1 is 1.00 bits per heavy atom. The summed E-state index contributed by atoms with van der Waals surface area (Å²) in [6.07, 6.45) is 0. The summed E-state index contributed by atoms with van der Waals surface area (Å²) in [5, 5.41) is -1.78. The number of thiol groups is 2. The van der Waals surface area contributed by atoms with Crippen molar-refractivity contribution in [3.8, 4) is 0 Å². The van der Waals surface area contributed by atoms with Gasteiger partial charge in [0.05, 0.1) is 13.2 Å². The lowest BCUT2D eigenvalue weighted by Gasteiger charge is -2.15. The van der Waals surface area contributed by atoms with Gasteiger partial charge in [0, 0.05) is 0 Å². The monoisotopic (exact) mass is 238 g/mol. The Balaban J connectivity index is 4.16. The van der Waals surface area contributed by atoms with Crippen molar-refractivity contribution in [3.63, 3.8) is 0 Å². The molecule has 0 aliphatic rings. The molecule has 6 heteroatoms. The van der Waals surface area contributed by atoms with Crippen LogP contribution in [0, 0.1) is 0 Å². The fourth-order valence-corrected chi connectivity index (χ4v) is 1.11. The van der Waals surface area contributed by atoms with Crippen molar-refractivity contribution >= 4 is 37.2 Å². The minimum atomic E-state index is -0.891. The molecule has 0 aliphatic carbocycles. The molecule has 4 nitrogen and oxygen atoms in total. The molecule has 0 bridgehead atoms. The molecule has 0 spiro atoms. The van der Waals surface area contributed by atoms with E-state index >= 15 is 0 Å². The third-order valence-corrected chi connectivity index (χ3v) is 2.61. The lowest BCUT2D eigenvalue weighted by Crippen LogP contribution is -2.34. The first-order valence-electron chi connectivity index (χ1n) is 4.24. The largest absolute Gasteiger partial charge is 0.465 e. The zero-order chi connectivity index (χ0) is 11.1. The van der Waals surface area contributed by atoms with Crippen LogP contribution in [-0.4, -0.2) is 35.7 Å². The normalized spacial score (nSPS) is 14.3. The third-order valence-electron chi connectivity index (χ3n) is 1.36. The highest BCUT2D eigenvalue weighted by atomic mass is 32.1. The molecule has 0 heterocycles. The summed E-state index contributed by atoms with van der Waals surface area (Å²) in [4.78, 5) is 22.3. The van der Waals surface area contributed by atoms with Crippen LogP contribution in [0.1, 0.15) is 13.8 Å². The molecule has 0 saturated carbocycles. The first-order valence-corrected chi connectivity index (χ1v) is 5.27. The van der Waals surface area contributed by atoms with Crippen LogP contribution in [0.3, 0.4) is 0 Å². The zero-order valence-corrected chi connectivity index (χ0v) is 9.89. The highest BCUT2D eigenvalue weighted by Crippen LogP contribution is 2.12. The molecule has 2 unspecified atom stereocenters. The molecule has 0 radical (unpaired) electrons. The molecule has 14 heavy (non-hydrogen) atoms. The van der Waals surface area contributed by atoms with Crippen molar-refractivity contribution in [2.45, 2.75) is 24.3 Å². The van der Waals surface area contributed by atoms with E-state index in [1.165, 1.54) is 0 Å². The highest BCUT2D eigenvalue weighted by Gasteiger charge is 2.30. The maximum atomic E-state index is 11.1. The Labute approximate surface area is 94.2 Å². The number of carbonyl (C=O) groups excluding carboxylic acids is 2.